The van der Waals surface area contributed by atoms with Gasteiger partial charge >= 0.3 is 5.97 Å². The van der Waals surface area contributed by atoms with Gasteiger partial charge in [0.2, 0.25) is 5.91 Å². The number of carboxylic acid groups (broad SMARTS) is 1. The van der Waals surface area contributed by atoms with Crippen molar-refractivity contribution in [3.8, 4) is 5.75 Å². The molecule has 1 saturated carbocycles. The van der Waals surface area contributed by atoms with E-state index >= 15 is 0 Å². The first-order chi connectivity index (χ1) is 10.2. The maximum atomic E-state index is 13.4. The normalized spacial score (nSPS) is 23.9. The molecular formula is C16H18FNO4. The van der Waals surface area contributed by atoms with Crippen LogP contribution >= 0.6 is 0 Å². The van der Waals surface area contributed by atoms with Crippen molar-refractivity contribution >= 4 is 11.9 Å². The molecule has 5 nitrogen and oxygen atoms in total. The third-order valence-electron chi connectivity index (χ3n) is 4.33. The number of carbonyl (C=O) groups is 2. The fourth-order valence-electron chi connectivity index (χ4n) is 2.91. The lowest BCUT2D eigenvalue weighted by Crippen LogP contribution is -2.45. The fourth-order valence-corrected chi connectivity index (χ4v) is 2.91. The number of halogens is 1. The molecule has 0 aromatic heterocycles. The van der Waals surface area contributed by atoms with Gasteiger partial charge in [0.1, 0.15) is 22.6 Å². The van der Waals surface area contributed by atoms with Gasteiger partial charge in [0.15, 0.2) is 0 Å². The van der Waals surface area contributed by atoms with Gasteiger partial charge in [-0.05, 0) is 32.8 Å². The molecule has 22 heavy (non-hydrogen) atoms. The van der Waals surface area contributed by atoms with Crippen LogP contribution in [0.15, 0.2) is 18.2 Å². The molecule has 1 aromatic carbocycles. The van der Waals surface area contributed by atoms with Gasteiger partial charge in [0, 0.05) is 18.1 Å². The average molecular weight is 307 g/mol. The van der Waals surface area contributed by atoms with Crippen molar-refractivity contribution < 1.29 is 23.8 Å². The number of carboxylic acids is 1. The first-order valence-corrected chi connectivity index (χ1v) is 7.26. The van der Waals surface area contributed by atoms with E-state index in [1.165, 1.54) is 12.1 Å². The summed E-state index contributed by atoms with van der Waals surface area (Å²) in [6, 6.07) is 3.79. The molecule has 2 N–H and O–H groups in total. The lowest BCUT2D eigenvalue weighted by atomic mass is 9.89. The molecule has 1 heterocycles. The molecule has 0 radical (unpaired) electrons. The zero-order valence-electron chi connectivity index (χ0n) is 12.5. The summed E-state index contributed by atoms with van der Waals surface area (Å²) in [5, 5.41) is 12.0. The Morgan fingerprint density at radius 3 is 2.64 bits per heavy atom. The summed E-state index contributed by atoms with van der Waals surface area (Å²) >= 11 is 0. The molecule has 2 aliphatic rings. The van der Waals surface area contributed by atoms with Crippen molar-refractivity contribution in [3.63, 3.8) is 0 Å². The fraction of sp³-hybridized carbons (Fsp3) is 0.500. The number of fused-ring (bicyclic) bond motifs is 1. The Morgan fingerprint density at radius 2 is 2.05 bits per heavy atom. The lowest BCUT2D eigenvalue weighted by molar-refractivity contribution is -0.149. The van der Waals surface area contributed by atoms with Crippen molar-refractivity contribution in [2.75, 3.05) is 0 Å². The van der Waals surface area contributed by atoms with E-state index in [0.29, 0.717) is 30.6 Å². The molecule has 1 fully saturated rings. The maximum absolute atomic E-state index is 13.4. The van der Waals surface area contributed by atoms with E-state index in [2.05, 4.69) is 5.32 Å². The molecule has 0 spiro atoms. The molecule has 6 heteroatoms. The molecule has 1 aliphatic heterocycles. The first-order valence-electron chi connectivity index (χ1n) is 7.26. The van der Waals surface area contributed by atoms with E-state index in [9.17, 15) is 19.1 Å². The summed E-state index contributed by atoms with van der Waals surface area (Å²) in [5.74, 6) is -1.58. The van der Waals surface area contributed by atoms with Crippen molar-refractivity contribution in [1.82, 2.24) is 5.32 Å². The van der Waals surface area contributed by atoms with Crippen LogP contribution in [0.4, 0.5) is 4.39 Å². The van der Waals surface area contributed by atoms with Gasteiger partial charge in [0.25, 0.3) is 0 Å². The molecule has 1 atom stereocenters. The molecule has 3 rings (SSSR count). The van der Waals surface area contributed by atoms with Crippen LogP contribution in [0, 0.1) is 11.2 Å². The SMILES string of the molecule is CC1(C)C[C@@H](NC(=O)C2(C(=O)O)CC2)c2ccc(F)cc2O1. The van der Waals surface area contributed by atoms with Gasteiger partial charge in [-0.15, -0.1) is 0 Å². The largest absolute Gasteiger partial charge is 0.487 e. The quantitative estimate of drug-likeness (QED) is 0.841. The standard InChI is InChI=1S/C16H18FNO4/c1-15(2)8-11(10-4-3-9(17)7-12(10)22-15)18-13(19)16(5-6-16)14(20)21/h3-4,7,11H,5-6,8H2,1-2H3,(H,18,19)(H,20,21)/t11-/m1/s1. The van der Waals surface area contributed by atoms with Gasteiger partial charge in [-0.1, -0.05) is 6.07 Å². The minimum atomic E-state index is -1.29. The van der Waals surface area contributed by atoms with Crippen LogP contribution in [-0.2, 0) is 9.59 Å². The van der Waals surface area contributed by atoms with E-state index in [1.54, 1.807) is 6.07 Å². The first kappa shape index (κ1) is 14.8. The van der Waals surface area contributed by atoms with E-state index < -0.39 is 28.7 Å². The van der Waals surface area contributed by atoms with Crippen molar-refractivity contribution in [1.29, 1.82) is 0 Å². The number of benzene rings is 1. The Balaban J connectivity index is 1.88. The van der Waals surface area contributed by atoms with Gasteiger partial charge in [-0.3, -0.25) is 9.59 Å². The minimum Gasteiger partial charge on any atom is -0.487 e. The number of aliphatic carboxylic acids is 1. The van der Waals surface area contributed by atoms with Gasteiger partial charge in [-0.2, -0.15) is 0 Å². The van der Waals surface area contributed by atoms with E-state index in [0.717, 1.165) is 0 Å². The molecule has 0 bridgehead atoms. The van der Waals surface area contributed by atoms with Crippen molar-refractivity contribution in [2.45, 2.75) is 44.8 Å². The number of rotatable bonds is 3. The molecule has 118 valence electrons. The Labute approximate surface area is 127 Å². The zero-order chi connectivity index (χ0) is 16.1. The van der Waals surface area contributed by atoms with Crippen LogP contribution < -0.4 is 10.1 Å². The monoisotopic (exact) mass is 307 g/mol. The molecule has 1 aliphatic carbocycles. The smallest absolute Gasteiger partial charge is 0.319 e. The second-order valence-corrected chi connectivity index (χ2v) is 6.66. The second-order valence-electron chi connectivity index (χ2n) is 6.66. The predicted octanol–water partition coefficient (Wildman–Crippen LogP) is 2.41. The van der Waals surface area contributed by atoms with Crippen molar-refractivity contribution in [2.24, 2.45) is 5.41 Å². The zero-order valence-corrected chi connectivity index (χ0v) is 12.5. The van der Waals surface area contributed by atoms with Crippen LogP contribution in [0.5, 0.6) is 5.75 Å². The molecule has 0 unspecified atom stereocenters. The maximum Gasteiger partial charge on any atom is 0.319 e. The summed E-state index contributed by atoms with van der Waals surface area (Å²) < 4.78 is 19.1. The van der Waals surface area contributed by atoms with Crippen LogP contribution in [0.25, 0.3) is 0 Å². The number of hydrogen-bond acceptors (Lipinski definition) is 3. The van der Waals surface area contributed by atoms with E-state index in [4.69, 9.17) is 4.74 Å². The second kappa shape index (κ2) is 4.69. The third-order valence-corrected chi connectivity index (χ3v) is 4.33. The summed E-state index contributed by atoms with van der Waals surface area (Å²) in [6.45, 7) is 3.70. The average Bonchev–Trinajstić information content (AvgIpc) is 3.17. The molecule has 1 aromatic rings. The van der Waals surface area contributed by atoms with Crippen LogP contribution in [0.3, 0.4) is 0 Å². The highest BCUT2D eigenvalue weighted by atomic mass is 19.1. The summed E-state index contributed by atoms with van der Waals surface area (Å²) in [7, 11) is 0. The number of amides is 1. The lowest BCUT2D eigenvalue weighted by Gasteiger charge is -2.38. The topological polar surface area (TPSA) is 75.6 Å². The van der Waals surface area contributed by atoms with E-state index in [1.807, 2.05) is 13.8 Å². The van der Waals surface area contributed by atoms with Gasteiger partial charge < -0.3 is 15.2 Å². The summed E-state index contributed by atoms with van der Waals surface area (Å²) in [6.07, 6.45) is 1.21. The van der Waals surface area contributed by atoms with Crippen LogP contribution in [-0.4, -0.2) is 22.6 Å². The number of ether oxygens (including phenoxy) is 1. The molecule has 0 saturated heterocycles. The number of carbonyl (C=O) groups excluding carboxylic acids is 1. The van der Waals surface area contributed by atoms with Crippen LogP contribution in [0.2, 0.25) is 0 Å². The highest BCUT2D eigenvalue weighted by Crippen LogP contribution is 2.47. The number of nitrogens with one attached hydrogen (secondary N) is 1. The Kier molecular flexibility index (Phi) is 3.16. The number of hydrogen-bond donors (Lipinski definition) is 2. The summed E-state index contributed by atoms with van der Waals surface area (Å²) in [5.41, 5.74) is -1.18. The Bertz CT molecular complexity index is 652. The highest BCUT2D eigenvalue weighted by molar-refractivity contribution is 6.05. The minimum absolute atomic E-state index is 0.358. The molecular weight excluding hydrogens is 289 g/mol. The molecule has 1 amide bonds. The summed E-state index contributed by atoms with van der Waals surface area (Å²) in [4.78, 5) is 23.6. The van der Waals surface area contributed by atoms with Gasteiger partial charge in [0.05, 0.1) is 6.04 Å². The van der Waals surface area contributed by atoms with Crippen LogP contribution in [0.1, 0.15) is 44.7 Å². The third kappa shape index (κ3) is 2.42. The van der Waals surface area contributed by atoms with E-state index in [-0.39, 0.29) is 6.04 Å². The van der Waals surface area contributed by atoms with Crippen molar-refractivity contribution in [3.05, 3.63) is 29.6 Å². The predicted molar refractivity (Wildman–Crippen MR) is 75.9 cm³/mol. The highest BCUT2D eigenvalue weighted by Gasteiger charge is 2.57. The Morgan fingerprint density at radius 1 is 1.36 bits per heavy atom. The van der Waals surface area contributed by atoms with Gasteiger partial charge in [-0.25, -0.2) is 4.39 Å². The Hall–Kier alpha value is -2.11.